The Kier molecular flexibility index (Phi) is 4.66. The second-order valence-electron chi connectivity index (χ2n) is 5.21. The van der Waals surface area contributed by atoms with Gasteiger partial charge in [-0.2, -0.15) is 4.37 Å². The van der Waals surface area contributed by atoms with Crippen molar-refractivity contribution in [3.05, 3.63) is 34.6 Å². The highest BCUT2D eigenvalue weighted by Crippen LogP contribution is 2.39. The SMILES string of the molecule is C#Cc1c(C[C@@H](N)[C@H](C)F)sc2c(NCc3ccco3)snc12. The lowest BCUT2D eigenvalue weighted by molar-refractivity contribution is 0.305. The molecule has 0 spiro atoms. The molecule has 7 heteroatoms. The maximum absolute atomic E-state index is 13.3. The van der Waals surface area contributed by atoms with Gasteiger partial charge in [0.05, 0.1) is 23.1 Å². The minimum Gasteiger partial charge on any atom is -0.467 e. The van der Waals surface area contributed by atoms with Gasteiger partial charge in [0.25, 0.3) is 0 Å². The third-order valence-corrected chi connectivity index (χ3v) is 5.70. The molecule has 23 heavy (non-hydrogen) atoms. The third-order valence-electron chi connectivity index (χ3n) is 3.55. The Morgan fingerprint density at radius 2 is 2.39 bits per heavy atom. The molecule has 0 aliphatic carbocycles. The van der Waals surface area contributed by atoms with Crippen LogP contribution in [0.5, 0.6) is 0 Å². The van der Waals surface area contributed by atoms with Gasteiger partial charge in [0.15, 0.2) is 0 Å². The number of furan rings is 1. The van der Waals surface area contributed by atoms with Gasteiger partial charge >= 0.3 is 0 Å². The Labute approximate surface area is 141 Å². The molecule has 0 bridgehead atoms. The molecular formula is C16H16FN3OS2. The molecule has 3 heterocycles. The van der Waals surface area contributed by atoms with Gasteiger partial charge in [-0.05, 0) is 30.6 Å². The summed E-state index contributed by atoms with van der Waals surface area (Å²) in [6.07, 6.45) is 6.60. The van der Waals surface area contributed by atoms with Crippen LogP contribution in [-0.2, 0) is 13.0 Å². The van der Waals surface area contributed by atoms with Crippen molar-refractivity contribution in [1.82, 2.24) is 4.37 Å². The summed E-state index contributed by atoms with van der Waals surface area (Å²) in [6, 6.07) is 3.19. The number of terminal acetylenes is 1. The number of hydrogen-bond donors (Lipinski definition) is 2. The number of nitrogens with one attached hydrogen (secondary N) is 1. The van der Waals surface area contributed by atoms with E-state index in [0.29, 0.717) is 13.0 Å². The molecule has 120 valence electrons. The molecule has 3 aromatic heterocycles. The van der Waals surface area contributed by atoms with E-state index in [1.54, 1.807) is 6.26 Å². The number of anilines is 1. The summed E-state index contributed by atoms with van der Waals surface area (Å²) in [5, 5.41) is 4.25. The van der Waals surface area contributed by atoms with Crippen LogP contribution >= 0.6 is 22.9 Å². The molecule has 0 radical (unpaired) electrons. The van der Waals surface area contributed by atoms with E-state index in [4.69, 9.17) is 16.6 Å². The summed E-state index contributed by atoms with van der Waals surface area (Å²) < 4.78 is 24.1. The fourth-order valence-electron chi connectivity index (χ4n) is 2.20. The van der Waals surface area contributed by atoms with Gasteiger partial charge in [-0.15, -0.1) is 17.8 Å². The zero-order valence-electron chi connectivity index (χ0n) is 12.5. The molecule has 0 saturated heterocycles. The molecule has 0 aromatic carbocycles. The van der Waals surface area contributed by atoms with E-state index in [1.807, 2.05) is 12.1 Å². The molecule has 3 aromatic rings. The van der Waals surface area contributed by atoms with E-state index in [0.717, 1.165) is 31.4 Å². The Bertz CT molecular complexity index is 830. The first-order chi connectivity index (χ1) is 11.1. The van der Waals surface area contributed by atoms with Crippen molar-refractivity contribution in [2.75, 3.05) is 5.32 Å². The fraction of sp³-hybridized carbons (Fsp3) is 0.312. The van der Waals surface area contributed by atoms with Crippen LogP contribution in [0.2, 0.25) is 0 Å². The van der Waals surface area contributed by atoms with E-state index < -0.39 is 12.2 Å². The number of hydrogen-bond acceptors (Lipinski definition) is 6. The number of thiophene rings is 1. The standard InChI is InChI=1S/C16H16FN3OS2/c1-3-11-13(7-12(18)9(2)17)22-15-14(11)20-23-16(15)19-8-10-5-4-6-21-10/h1,4-6,9,12,19H,7-8,18H2,2H3/t9-,12+/m0/s1. The van der Waals surface area contributed by atoms with Gasteiger partial charge < -0.3 is 15.5 Å². The molecular weight excluding hydrogens is 333 g/mol. The maximum Gasteiger partial charge on any atom is 0.127 e. The number of fused-ring (bicyclic) bond motifs is 1. The van der Waals surface area contributed by atoms with Crippen LogP contribution < -0.4 is 11.1 Å². The summed E-state index contributed by atoms with van der Waals surface area (Å²) in [7, 11) is 0. The Hall–Kier alpha value is -1.88. The lowest BCUT2D eigenvalue weighted by Crippen LogP contribution is -2.31. The van der Waals surface area contributed by atoms with Crippen LogP contribution in [0.3, 0.4) is 0 Å². The van der Waals surface area contributed by atoms with E-state index in [-0.39, 0.29) is 0 Å². The van der Waals surface area contributed by atoms with Gasteiger partial charge in [0.1, 0.15) is 22.4 Å². The fourth-order valence-corrected chi connectivity index (χ4v) is 4.37. The number of halogens is 1. The lowest BCUT2D eigenvalue weighted by Gasteiger charge is -2.11. The second-order valence-corrected chi connectivity index (χ2v) is 7.09. The molecule has 0 fully saturated rings. The minimum atomic E-state index is -1.08. The molecule has 0 aliphatic heterocycles. The smallest absolute Gasteiger partial charge is 0.127 e. The van der Waals surface area contributed by atoms with Gasteiger partial charge in [-0.3, -0.25) is 0 Å². The first kappa shape index (κ1) is 16.0. The van der Waals surface area contributed by atoms with Crippen LogP contribution in [0.25, 0.3) is 10.2 Å². The van der Waals surface area contributed by atoms with Crippen molar-refractivity contribution >= 4 is 38.1 Å². The van der Waals surface area contributed by atoms with E-state index >= 15 is 0 Å². The minimum absolute atomic E-state index is 0.417. The first-order valence-corrected chi connectivity index (χ1v) is 8.72. The highest BCUT2D eigenvalue weighted by molar-refractivity contribution is 7.24. The number of nitrogens with two attached hydrogens (primary N) is 1. The van der Waals surface area contributed by atoms with Gasteiger partial charge in [0.2, 0.25) is 0 Å². The Morgan fingerprint density at radius 1 is 1.57 bits per heavy atom. The van der Waals surface area contributed by atoms with Crippen molar-refractivity contribution in [3.8, 4) is 12.3 Å². The van der Waals surface area contributed by atoms with E-state index in [2.05, 4.69) is 15.6 Å². The van der Waals surface area contributed by atoms with Gasteiger partial charge in [-0.1, -0.05) is 5.92 Å². The molecule has 0 unspecified atom stereocenters. The van der Waals surface area contributed by atoms with Crippen LogP contribution in [0.15, 0.2) is 22.8 Å². The molecule has 0 saturated carbocycles. The predicted octanol–water partition coefficient (Wildman–Crippen LogP) is 3.77. The number of nitrogens with zero attached hydrogens (tertiary/aromatic N) is 1. The number of rotatable bonds is 6. The average Bonchev–Trinajstić information content (AvgIpc) is 3.21. The number of alkyl halides is 1. The number of aromatic nitrogens is 1. The summed E-state index contributed by atoms with van der Waals surface area (Å²) >= 11 is 2.89. The van der Waals surface area contributed by atoms with Crippen molar-refractivity contribution in [1.29, 1.82) is 0 Å². The highest BCUT2D eigenvalue weighted by atomic mass is 32.1. The maximum atomic E-state index is 13.3. The largest absolute Gasteiger partial charge is 0.467 e. The van der Waals surface area contributed by atoms with E-state index in [1.165, 1.54) is 29.8 Å². The molecule has 2 atom stereocenters. The molecule has 0 aliphatic rings. The summed E-state index contributed by atoms with van der Waals surface area (Å²) in [5.41, 5.74) is 7.36. The third kappa shape index (κ3) is 3.24. The Balaban J connectivity index is 1.87. The monoisotopic (exact) mass is 349 g/mol. The van der Waals surface area contributed by atoms with E-state index in [9.17, 15) is 4.39 Å². The predicted molar refractivity (Wildman–Crippen MR) is 93.7 cm³/mol. The van der Waals surface area contributed by atoms with Crippen LogP contribution in [0.1, 0.15) is 23.1 Å². The summed E-state index contributed by atoms with van der Waals surface area (Å²) in [5.74, 6) is 3.52. The second kappa shape index (κ2) is 6.71. The van der Waals surface area contributed by atoms with Gasteiger partial charge in [-0.25, -0.2) is 4.39 Å². The molecule has 0 amide bonds. The zero-order valence-corrected chi connectivity index (χ0v) is 14.1. The normalized spacial score (nSPS) is 13.8. The topological polar surface area (TPSA) is 64.1 Å². The summed E-state index contributed by atoms with van der Waals surface area (Å²) in [6.45, 7) is 2.04. The average molecular weight is 349 g/mol. The van der Waals surface area contributed by atoms with Crippen molar-refractivity contribution in [2.45, 2.75) is 32.1 Å². The summed E-state index contributed by atoms with van der Waals surface area (Å²) in [4.78, 5) is 0.913. The molecule has 3 rings (SSSR count). The quantitative estimate of drug-likeness (QED) is 0.665. The van der Waals surface area contributed by atoms with Gasteiger partial charge in [0, 0.05) is 17.3 Å². The first-order valence-electron chi connectivity index (χ1n) is 7.13. The molecule has 3 N–H and O–H groups in total. The van der Waals surface area contributed by atoms with Crippen molar-refractivity contribution < 1.29 is 8.81 Å². The zero-order chi connectivity index (χ0) is 16.4. The Morgan fingerprint density at radius 3 is 3.04 bits per heavy atom. The van der Waals surface area contributed by atoms with Crippen LogP contribution in [0, 0.1) is 12.3 Å². The van der Waals surface area contributed by atoms with Crippen molar-refractivity contribution in [3.63, 3.8) is 0 Å². The van der Waals surface area contributed by atoms with Crippen molar-refractivity contribution in [2.24, 2.45) is 5.73 Å². The lowest BCUT2D eigenvalue weighted by atomic mass is 10.1. The van der Waals surface area contributed by atoms with Crippen LogP contribution in [0.4, 0.5) is 9.39 Å². The highest BCUT2D eigenvalue weighted by Gasteiger charge is 2.21. The van der Waals surface area contributed by atoms with Crippen LogP contribution in [-0.4, -0.2) is 16.6 Å². The molecule has 4 nitrogen and oxygen atoms in total.